The van der Waals surface area contributed by atoms with Gasteiger partial charge < -0.3 is 10.6 Å². The van der Waals surface area contributed by atoms with Gasteiger partial charge in [-0.05, 0) is 49.2 Å². The second-order valence-corrected chi connectivity index (χ2v) is 8.75. The highest BCUT2D eigenvalue weighted by molar-refractivity contribution is 7.89. The van der Waals surface area contributed by atoms with Crippen LogP contribution in [0.2, 0.25) is 5.02 Å². The maximum absolute atomic E-state index is 13.2. The van der Waals surface area contributed by atoms with E-state index < -0.39 is 21.7 Å². The van der Waals surface area contributed by atoms with Crippen LogP contribution in [-0.4, -0.2) is 33.3 Å². The van der Waals surface area contributed by atoms with Gasteiger partial charge in [-0.25, -0.2) is 17.5 Å². The first-order valence-electron chi connectivity index (χ1n) is 8.90. The van der Waals surface area contributed by atoms with Crippen LogP contribution in [0, 0.1) is 11.7 Å². The Morgan fingerprint density at radius 1 is 1.10 bits per heavy atom. The van der Waals surface area contributed by atoms with Gasteiger partial charge in [0.25, 0.3) is 5.91 Å². The van der Waals surface area contributed by atoms with Crippen molar-refractivity contribution in [1.29, 1.82) is 0 Å². The third-order valence-electron chi connectivity index (χ3n) is 4.24. The number of hydrogen-bond donors (Lipinski definition) is 3. The van der Waals surface area contributed by atoms with Gasteiger partial charge >= 0.3 is 0 Å². The Labute approximate surface area is 172 Å². The molecule has 2 aromatic carbocycles. The minimum atomic E-state index is -3.88. The molecule has 0 radical (unpaired) electrons. The van der Waals surface area contributed by atoms with Crippen LogP contribution in [0.3, 0.4) is 0 Å². The lowest BCUT2D eigenvalue weighted by molar-refractivity contribution is -0.117. The number of rotatable bonds is 8. The van der Waals surface area contributed by atoms with E-state index in [2.05, 4.69) is 15.4 Å². The van der Waals surface area contributed by atoms with E-state index in [4.69, 9.17) is 11.6 Å². The lowest BCUT2D eigenvalue weighted by Crippen LogP contribution is -2.34. The number of halogens is 2. The molecule has 1 aliphatic carbocycles. The normalized spacial score (nSPS) is 13.7. The molecule has 2 amide bonds. The quantitative estimate of drug-likeness (QED) is 0.550. The van der Waals surface area contributed by atoms with Crippen molar-refractivity contribution < 1.29 is 22.4 Å². The molecule has 29 heavy (non-hydrogen) atoms. The highest BCUT2D eigenvalue weighted by atomic mass is 35.5. The second kappa shape index (κ2) is 8.89. The van der Waals surface area contributed by atoms with E-state index in [0.29, 0.717) is 11.3 Å². The van der Waals surface area contributed by atoms with Crippen molar-refractivity contribution >= 4 is 39.1 Å². The summed E-state index contributed by atoms with van der Waals surface area (Å²) in [5.74, 6) is -1.13. The summed E-state index contributed by atoms with van der Waals surface area (Å²) in [4.78, 5) is 23.9. The SMILES string of the molecule is O=C(NCCNS(=O)(=O)c1ccc(F)c(Cl)c1)c1cccc(NC(=O)C2CC2)c1. The molecule has 1 fully saturated rings. The number of anilines is 1. The molecule has 10 heteroatoms. The Morgan fingerprint density at radius 2 is 1.86 bits per heavy atom. The molecule has 0 bridgehead atoms. The Kier molecular flexibility index (Phi) is 6.51. The van der Waals surface area contributed by atoms with Crippen LogP contribution in [0.15, 0.2) is 47.4 Å². The molecule has 0 spiro atoms. The molecule has 0 saturated heterocycles. The minimum absolute atomic E-state index is 0.0334. The molecule has 2 aromatic rings. The van der Waals surface area contributed by atoms with Gasteiger partial charge in [0.05, 0.1) is 9.92 Å². The van der Waals surface area contributed by atoms with Crippen molar-refractivity contribution in [2.24, 2.45) is 5.92 Å². The average molecular weight is 440 g/mol. The van der Waals surface area contributed by atoms with Crippen LogP contribution < -0.4 is 15.4 Å². The first kappa shape index (κ1) is 21.2. The summed E-state index contributed by atoms with van der Waals surface area (Å²) in [6, 6.07) is 9.57. The van der Waals surface area contributed by atoms with Gasteiger partial charge in [-0.3, -0.25) is 9.59 Å². The van der Waals surface area contributed by atoms with E-state index in [1.165, 1.54) is 0 Å². The maximum atomic E-state index is 13.2. The number of nitrogens with one attached hydrogen (secondary N) is 3. The molecule has 0 unspecified atom stereocenters. The lowest BCUT2D eigenvalue weighted by atomic mass is 10.2. The van der Waals surface area contributed by atoms with Gasteiger partial charge in [0.15, 0.2) is 0 Å². The zero-order chi connectivity index (χ0) is 21.0. The fourth-order valence-corrected chi connectivity index (χ4v) is 3.82. The summed E-state index contributed by atoms with van der Waals surface area (Å²) in [6.07, 6.45) is 1.76. The minimum Gasteiger partial charge on any atom is -0.351 e. The molecule has 3 N–H and O–H groups in total. The van der Waals surface area contributed by atoms with Crippen LogP contribution in [0.4, 0.5) is 10.1 Å². The largest absolute Gasteiger partial charge is 0.351 e. The molecule has 154 valence electrons. The number of hydrogen-bond acceptors (Lipinski definition) is 4. The van der Waals surface area contributed by atoms with Crippen molar-refractivity contribution in [3.8, 4) is 0 Å². The second-order valence-electron chi connectivity index (χ2n) is 6.57. The van der Waals surface area contributed by atoms with Crippen molar-refractivity contribution in [1.82, 2.24) is 10.0 Å². The van der Waals surface area contributed by atoms with E-state index in [9.17, 15) is 22.4 Å². The van der Waals surface area contributed by atoms with Crippen LogP contribution in [0.5, 0.6) is 0 Å². The Hall–Kier alpha value is -2.49. The third kappa shape index (κ3) is 5.75. The van der Waals surface area contributed by atoms with Crippen LogP contribution in [-0.2, 0) is 14.8 Å². The molecule has 7 nitrogen and oxygen atoms in total. The molecule has 3 rings (SSSR count). The lowest BCUT2D eigenvalue weighted by Gasteiger charge is -2.10. The zero-order valence-electron chi connectivity index (χ0n) is 15.2. The molecule has 0 heterocycles. The number of amides is 2. The maximum Gasteiger partial charge on any atom is 0.251 e. The van der Waals surface area contributed by atoms with E-state index in [1.807, 2.05) is 0 Å². The van der Waals surface area contributed by atoms with E-state index in [-0.39, 0.29) is 34.8 Å². The van der Waals surface area contributed by atoms with Gasteiger partial charge in [-0.2, -0.15) is 0 Å². The van der Waals surface area contributed by atoms with Crippen molar-refractivity contribution in [2.75, 3.05) is 18.4 Å². The Morgan fingerprint density at radius 3 is 2.55 bits per heavy atom. The number of carbonyl (C=O) groups is 2. The summed E-state index contributed by atoms with van der Waals surface area (Å²) in [7, 11) is -3.88. The highest BCUT2D eigenvalue weighted by Gasteiger charge is 2.29. The summed E-state index contributed by atoms with van der Waals surface area (Å²) >= 11 is 5.61. The molecular formula is C19H19ClFN3O4S. The molecular weight excluding hydrogens is 421 g/mol. The van der Waals surface area contributed by atoms with Crippen LogP contribution in [0.1, 0.15) is 23.2 Å². The first-order valence-corrected chi connectivity index (χ1v) is 10.8. The molecule has 0 aliphatic heterocycles. The fraction of sp³-hybridized carbons (Fsp3) is 0.263. The Bertz CT molecular complexity index is 1040. The predicted molar refractivity (Wildman–Crippen MR) is 107 cm³/mol. The van der Waals surface area contributed by atoms with Gasteiger partial charge in [0, 0.05) is 30.3 Å². The standard InChI is InChI=1S/C19H19ClFN3O4S/c20-16-11-15(6-7-17(16)21)29(27,28)23-9-8-22-18(25)13-2-1-3-14(10-13)24-19(26)12-4-5-12/h1-3,6-7,10-12,23H,4-5,8-9H2,(H,22,25)(H,24,26). The monoisotopic (exact) mass is 439 g/mol. The van der Waals surface area contributed by atoms with Crippen molar-refractivity contribution in [2.45, 2.75) is 17.7 Å². The highest BCUT2D eigenvalue weighted by Crippen LogP contribution is 2.30. The van der Waals surface area contributed by atoms with Gasteiger partial charge in [-0.15, -0.1) is 0 Å². The number of carbonyl (C=O) groups excluding carboxylic acids is 2. The van der Waals surface area contributed by atoms with Crippen molar-refractivity contribution in [3.05, 3.63) is 58.9 Å². The number of benzene rings is 2. The first-order chi connectivity index (χ1) is 13.8. The molecule has 0 aromatic heterocycles. The van der Waals surface area contributed by atoms with Gasteiger partial charge in [0.1, 0.15) is 5.82 Å². The Balaban J connectivity index is 1.50. The molecule has 1 saturated carbocycles. The average Bonchev–Trinajstić information content (AvgIpc) is 3.53. The topological polar surface area (TPSA) is 104 Å². The fourth-order valence-electron chi connectivity index (χ4n) is 2.52. The number of sulfonamides is 1. The van der Waals surface area contributed by atoms with Crippen LogP contribution in [0.25, 0.3) is 0 Å². The van der Waals surface area contributed by atoms with Crippen LogP contribution >= 0.6 is 11.6 Å². The van der Waals surface area contributed by atoms with E-state index in [1.54, 1.807) is 24.3 Å². The zero-order valence-corrected chi connectivity index (χ0v) is 16.8. The van der Waals surface area contributed by atoms with Gasteiger partial charge in [-0.1, -0.05) is 17.7 Å². The van der Waals surface area contributed by atoms with E-state index >= 15 is 0 Å². The molecule has 1 aliphatic rings. The van der Waals surface area contributed by atoms with Gasteiger partial charge in [0.2, 0.25) is 15.9 Å². The summed E-state index contributed by atoms with van der Waals surface area (Å²) < 4.78 is 39.8. The van der Waals surface area contributed by atoms with E-state index in [0.717, 1.165) is 31.0 Å². The molecule has 0 atom stereocenters. The summed E-state index contributed by atoms with van der Waals surface area (Å²) in [5, 5.41) is 5.06. The smallest absolute Gasteiger partial charge is 0.251 e. The van der Waals surface area contributed by atoms with Crippen molar-refractivity contribution in [3.63, 3.8) is 0 Å². The summed E-state index contributed by atoms with van der Waals surface area (Å²) in [6.45, 7) is -0.0349. The predicted octanol–water partition coefficient (Wildman–Crippen LogP) is 2.54. The summed E-state index contributed by atoms with van der Waals surface area (Å²) in [5.41, 5.74) is 0.871. The third-order valence-corrected chi connectivity index (χ3v) is 5.99.